The lowest BCUT2D eigenvalue weighted by molar-refractivity contribution is 0.102. The molecule has 5 heteroatoms. The van der Waals surface area contributed by atoms with Gasteiger partial charge in [0, 0.05) is 35.5 Å². The first-order valence-electron chi connectivity index (χ1n) is 7.72. The van der Waals surface area contributed by atoms with Gasteiger partial charge < -0.3 is 14.9 Å². The molecular weight excluding hydrogens is 302 g/mol. The second-order valence-electron chi connectivity index (χ2n) is 5.78. The molecule has 3 rings (SSSR count). The number of nitrogens with zero attached hydrogens (tertiary/aromatic N) is 1. The molecule has 0 aliphatic rings. The number of nitrogens with one attached hydrogen (secondary N) is 2. The van der Waals surface area contributed by atoms with Crippen molar-refractivity contribution in [3.63, 3.8) is 0 Å². The van der Waals surface area contributed by atoms with E-state index < -0.39 is 0 Å². The van der Waals surface area contributed by atoms with Crippen molar-refractivity contribution in [3.05, 3.63) is 81.5 Å². The molecule has 1 aromatic carbocycles. The summed E-state index contributed by atoms with van der Waals surface area (Å²) in [4.78, 5) is 27.2. The van der Waals surface area contributed by atoms with E-state index >= 15 is 0 Å². The predicted octanol–water partition coefficient (Wildman–Crippen LogP) is 3.34. The van der Waals surface area contributed by atoms with Gasteiger partial charge in [0.05, 0.1) is 5.56 Å². The summed E-state index contributed by atoms with van der Waals surface area (Å²) >= 11 is 0. The number of H-pyrrole nitrogens is 1. The molecule has 1 amide bonds. The fourth-order valence-electron chi connectivity index (χ4n) is 2.88. The molecule has 0 atom stereocenters. The number of amides is 1. The van der Waals surface area contributed by atoms with Crippen LogP contribution in [0.5, 0.6) is 0 Å². The van der Waals surface area contributed by atoms with E-state index in [-0.39, 0.29) is 17.0 Å². The molecule has 0 unspecified atom stereocenters. The summed E-state index contributed by atoms with van der Waals surface area (Å²) in [6, 6.07) is 11.3. The maximum Gasteiger partial charge on any atom is 0.257 e. The van der Waals surface area contributed by atoms with Gasteiger partial charge in [0.15, 0.2) is 0 Å². The van der Waals surface area contributed by atoms with Crippen LogP contribution in [0.4, 0.5) is 5.69 Å². The minimum absolute atomic E-state index is 0.227. The number of benzene rings is 1. The third-order valence-electron chi connectivity index (χ3n) is 4.10. The largest absolute Gasteiger partial charge is 0.366 e. The van der Waals surface area contributed by atoms with Crippen molar-refractivity contribution in [2.45, 2.75) is 20.8 Å². The molecule has 0 aliphatic carbocycles. The number of aromatic amines is 1. The van der Waals surface area contributed by atoms with Gasteiger partial charge in [-0.2, -0.15) is 0 Å². The molecule has 24 heavy (non-hydrogen) atoms. The summed E-state index contributed by atoms with van der Waals surface area (Å²) in [5.41, 5.74) is 4.55. The van der Waals surface area contributed by atoms with E-state index in [9.17, 15) is 9.59 Å². The van der Waals surface area contributed by atoms with Crippen molar-refractivity contribution in [1.82, 2.24) is 9.55 Å². The van der Waals surface area contributed by atoms with Gasteiger partial charge in [0.1, 0.15) is 5.69 Å². The Hall–Kier alpha value is -3.08. The molecule has 2 heterocycles. The molecule has 0 radical (unpaired) electrons. The normalized spacial score (nSPS) is 10.6. The summed E-state index contributed by atoms with van der Waals surface area (Å²) < 4.78 is 2.06. The van der Waals surface area contributed by atoms with Gasteiger partial charge in [-0.05, 0) is 38.5 Å². The lowest BCUT2D eigenvalue weighted by Gasteiger charge is -2.12. The summed E-state index contributed by atoms with van der Waals surface area (Å²) in [5.74, 6) is -0.292. The van der Waals surface area contributed by atoms with E-state index in [0.29, 0.717) is 5.56 Å². The summed E-state index contributed by atoms with van der Waals surface area (Å²) in [6.45, 7) is 5.91. The van der Waals surface area contributed by atoms with Crippen molar-refractivity contribution >= 4 is 11.6 Å². The maximum atomic E-state index is 12.6. The first-order valence-corrected chi connectivity index (χ1v) is 7.72. The lowest BCUT2D eigenvalue weighted by atomic mass is 10.2. The molecule has 0 fully saturated rings. The highest BCUT2D eigenvalue weighted by Gasteiger charge is 2.18. The van der Waals surface area contributed by atoms with E-state index in [0.717, 1.165) is 22.6 Å². The number of aromatic nitrogens is 2. The summed E-state index contributed by atoms with van der Waals surface area (Å²) in [5, 5.41) is 2.68. The van der Waals surface area contributed by atoms with Crippen LogP contribution in [-0.4, -0.2) is 15.5 Å². The van der Waals surface area contributed by atoms with Gasteiger partial charge in [0.2, 0.25) is 5.43 Å². The van der Waals surface area contributed by atoms with Crippen LogP contribution in [0, 0.1) is 20.8 Å². The van der Waals surface area contributed by atoms with Crippen LogP contribution >= 0.6 is 0 Å². The standard InChI is InChI=1S/C19H19N3O2/c1-12-6-4-5-7-17(12)22-13(2)10-15(14(22)3)19(24)21-16-11-20-9-8-18(16)23/h4-11H,1-3H3,(H,20,23)(H,21,24). The first kappa shape index (κ1) is 15.8. The smallest absolute Gasteiger partial charge is 0.257 e. The summed E-state index contributed by atoms with van der Waals surface area (Å²) in [6.07, 6.45) is 3.02. The highest BCUT2D eigenvalue weighted by atomic mass is 16.2. The minimum Gasteiger partial charge on any atom is -0.366 e. The molecule has 122 valence electrons. The van der Waals surface area contributed by atoms with Gasteiger partial charge in [-0.15, -0.1) is 0 Å². The molecule has 2 aromatic heterocycles. The van der Waals surface area contributed by atoms with E-state index in [2.05, 4.69) is 14.9 Å². The number of anilines is 1. The molecule has 0 saturated carbocycles. The van der Waals surface area contributed by atoms with Crippen LogP contribution in [0.1, 0.15) is 27.3 Å². The fourth-order valence-corrected chi connectivity index (χ4v) is 2.88. The monoisotopic (exact) mass is 321 g/mol. The third-order valence-corrected chi connectivity index (χ3v) is 4.10. The maximum absolute atomic E-state index is 12.6. The van der Waals surface area contributed by atoms with Gasteiger partial charge in [-0.3, -0.25) is 9.59 Å². The second-order valence-corrected chi connectivity index (χ2v) is 5.78. The Balaban J connectivity index is 2.00. The molecule has 0 spiro atoms. The van der Waals surface area contributed by atoms with Crippen LogP contribution in [0.2, 0.25) is 0 Å². The van der Waals surface area contributed by atoms with Gasteiger partial charge in [0.25, 0.3) is 5.91 Å². The van der Waals surface area contributed by atoms with Crippen LogP contribution in [0.25, 0.3) is 5.69 Å². The minimum atomic E-state index is -0.292. The van der Waals surface area contributed by atoms with Crippen molar-refractivity contribution in [3.8, 4) is 5.69 Å². The van der Waals surface area contributed by atoms with Crippen LogP contribution in [0.3, 0.4) is 0 Å². The second kappa shape index (κ2) is 6.20. The highest BCUT2D eigenvalue weighted by molar-refractivity contribution is 6.05. The number of hydrogen-bond acceptors (Lipinski definition) is 2. The quantitative estimate of drug-likeness (QED) is 0.777. The van der Waals surface area contributed by atoms with Gasteiger partial charge >= 0.3 is 0 Å². The topological polar surface area (TPSA) is 66.9 Å². The zero-order valence-electron chi connectivity index (χ0n) is 13.9. The van der Waals surface area contributed by atoms with E-state index in [4.69, 9.17) is 0 Å². The van der Waals surface area contributed by atoms with Crippen LogP contribution in [0.15, 0.2) is 53.6 Å². The Bertz CT molecular complexity index is 967. The Kier molecular flexibility index (Phi) is 4.08. The molecule has 5 nitrogen and oxygen atoms in total. The summed E-state index contributed by atoms with van der Waals surface area (Å²) in [7, 11) is 0. The Labute approximate surface area is 140 Å². The van der Waals surface area contributed by atoms with Crippen molar-refractivity contribution in [2.75, 3.05) is 5.32 Å². The van der Waals surface area contributed by atoms with Crippen molar-refractivity contribution < 1.29 is 4.79 Å². The molecule has 0 aliphatic heterocycles. The number of hydrogen-bond donors (Lipinski definition) is 2. The van der Waals surface area contributed by atoms with Gasteiger partial charge in [-0.25, -0.2) is 0 Å². The van der Waals surface area contributed by atoms with Crippen LogP contribution in [-0.2, 0) is 0 Å². The van der Waals surface area contributed by atoms with E-state index in [1.807, 2.05) is 51.1 Å². The molecule has 0 saturated heterocycles. The number of para-hydroxylation sites is 1. The van der Waals surface area contributed by atoms with Crippen molar-refractivity contribution in [2.24, 2.45) is 0 Å². The van der Waals surface area contributed by atoms with Crippen molar-refractivity contribution in [1.29, 1.82) is 0 Å². The number of aryl methyl sites for hydroxylation is 2. The average Bonchev–Trinajstić information content (AvgIpc) is 2.85. The zero-order chi connectivity index (χ0) is 17.3. The highest BCUT2D eigenvalue weighted by Crippen LogP contribution is 2.23. The number of carbonyl (C=O) groups excluding carboxylic acids is 1. The van der Waals surface area contributed by atoms with E-state index in [1.54, 1.807) is 0 Å². The van der Waals surface area contributed by atoms with Gasteiger partial charge in [-0.1, -0.05) is 18.2 Å². The molecule has 3 aromatic rings. The molecular formula is C19H19N3O2. The average molecular weight is 321 g/mol. The molecule has 0 bridgehead atoms. The fraction of sp³-hybridized carbons (Fsp3) is 0.158. The van der Waals surface area contributed by atoms with Crippen LogP contribution < -0.4 is 10.7 Å². The predicted molar refractivity (Wildman–Crippen MR) is 95.0 cm³/mol. The Morgan fingerprint density at radius 1 is 1.12 bits per heavy atom. The number of pyridine rings is 1. The molecule has 2 N–H and O–H groups in total. The SMILES string of the molecule is Cc1ccccc1-n1c(C)cc(C(=O)Nc2c[nH]ccc2=O)c1C. The number of rotatable bonds is 3. The first-order chi connectivity index (χ1) is 11.5. The zero-order valence-corrected chi connectivity index (χ0v) is 13.9. The Morgan fingerprint density at radius 2 is 1.88 bits per heavy atom. The van der Waals surface area contributed by atoms with E-state index in [1.165, 1.54) is 18.5 Å². The number of carbonyl (C=O) groups is 1. The third kappa shape index (κ3) is 2.76. The lowest BCUT2D eigenvalue weighted by Crippen LogP contribution is -2.18. The Morgan fingerprint density at radius 3 is 2.58 bits per heavy atom.